The first-order chi connectivity index (χ1) is 6.20. The number of amides is 1. The van der Waals surface area contributed by atoms with Gasteiger partial charge in [-0.2, -0.15) is 0 Å². The zero-order valence-corrected chi connectivity index (χ0v) is 7.56. The van der Waals surface area contributed by atoms with Gasteiger partial charge >= 0.3 is 0 Å². The van der Waals surface area contributed by atoms with Crippen molar-refractivity contribution >= 4 is 23.2 Å². The van der Waals surface area contributed by atoms with Crippen molar-refractivity contribution in [3.05, 3.63) is 28.3 Å². The van der Waals surface area contributed by atoms with E-state index in [-0.39, 0.29) is 12.5 Å². The number of aliphatic hydroxyl groups is 1. The van der Waals surface area contributed by atoms with Crippen LogP contribution < -0.4 is 5.32 Å². The minimum absolute atomic E-state index is 0.0491. The van der Waals surface area contributed by atoms with Crippen LogP contribution in [0.3, 0.4) is 0 Å². The van der Waals surface area contributed by atoms with Gasteiger partial charge in [-0.15, -0.1) is 0 Å². The Bertz CT molecular complexity index is 376. The van der Waals surface area contributed by atoms with E-state index in [4.69, 9.17) is 16.7 Å². The van der Waals surface area contributed by atoms with Gasteiger partial charge in [0.15, 0.2) is 0 Å². The fourth-order valence-electron chi connectivity index (χ4n) is 1.45. The standard InChI is InChI=1S/C9H8ClNO2/c10-7-2-5(4-12)1-6-3-8(13)11-9(6)7/h1-2,12H,3-4H2,(H,11,13). The first-order valence-electron chi connectivity index (χ1n) is 3.92. The van der Waals surface area contributed by atoms with Gasteiger partial charge in [0.05, 0.1) is 23.7 Å². The van der Waals surface area contributed by atoms with E-state index >= 15 is 0 Å². The molecule has 0 aliphatic carbocycles. The molecule has 1 heterocycles. The summed E-state index contributed by atoms with van der Waals surface area (Å²) in [6, 6.07) is 3.45. The maximum absolute atomic E-state index is 11.0. The number of benzene rings is 1. The number of hydrogen-bond donors (Lipinski definition) is 2. The van der Waals surface area contributed by atoms with Crippen LogP contribution in [0.15, 0.2) is 12.1 Å². The lowest BCUT2D eigenvalue weighted by atomic mass is 10.1. The van der Waals surface area contributed by atoms with Crippen molar-refractivity contribution in [2.45, 2.75) is 13.0 Å². The van der Waals surface area contributed by atoms with E-state index in [0.717, 1.165) is 11.1 Å². The molecular formula is C9H8ClNO2. The van der Waals surface area contributed by atoms with Crippen molar-refractivity contribution in [3.63, 3.8) is 0 Å². The molecule has 0 spiro atoms. The molecule has 0 saturated heterocycles. The smallest absolute Gasteiger partial charge is 0.228 e. The largest absolute Gasteiger partial charge is 0.392 e. The van der Waals surface area contributed by atoms with Crippen molar-refractivity contribution < 1.29 is 9.90 Å². The summed E-state index contributed by atoms with van der Waals surface area (Å²) in [4.78, 5) is 11.0. The molecule has 68 valence electrons. The lowest BCUT2D eigenvalue weighted by Crippen LogP contribution is -2.03. The molecule has 0 aromatic heterocycles. The molecule has 0 fully saturated rings. The maximum Gasteiger partial charge on any atom is 0.228 e. The van der Waals surface area contributed by atoms with Crippen molar-refractivity contribution in [2.24, 2.45) is 0 Å². The highest BCUT2D eigenvalue weighted by Crippen LogP contribution is 2.32. The Balaban J connectivity index is 2.52. The van der Waals surface area contributed by atoms with Crippen LogP contribution >= 0.6 is 11.6 Å². The molecular weight excluding hydrogens is 190 g/mol. The van der Waals surface area contributed by atoms with Gasteiger partial charge in [-0.25, -0.2) is 0 Å². The highest BCUT2D eigenvalue weighted by atomic mass is 35.5. The van der Waals surface area contributed by atoms with Gasteiger partial charge in [0.25, 0.3) is 0 Å². The summed E-state index contributed by atoms with van der Waals surface area (Å²) in [5.74, 6) is -0.0491. The highest BCUT2D eigenvalue weighted by molar-refractivity contribution is 6.34. The Morgan fingerprint density at radius 1 is 1.54 bits per heavy atom. The normalized spacial score (nSPS) is 14.2. The SMILES string of the molecule is O=C1Cc2cc(CO)cc(Cl)c2N1. The molecule has 0 saturated carbocycles. The number of carbonyl (C=O) groups excluding carboxylic acids is 1. The van der Waals surface area contributed by atoms with Gasteiger partial charge < -0.3 is 10.4 Å². The van der Waals surface area contributed by atoms with Gasteiger partial charge in [0.2, 0.25) is 5.91 Å². The minimum Gasteiger partial charge on any atom is -0.392 e. The molecule has 2 rings (SSSR count). The third kappa shape index (κ3) is 1.41. The highest BCUT2D eigenvalue weighted by Gasteiger charge is 2.20. The number of hydrogen-bond acceptors (Lipinski definition) is 2. The third-order valence-electron chi connectivity index (χ3n) is 2.03. The molecule has 0 radical (unpaired) electrons. The van der Waals surface area contributed by atoms with Gasteiger partial charge in [-0.05, 0) is 17.2 Å². The molecule has 1 aliphatic rings. The number of halogens is 1. The number of aliphatic hydroxyl groups excluding tert-OH is 1. The molecule has 1 aromatic rings. The second-order valence-corrected chi connectivity index (χ2v) is 3.40. The van der Waals surface area contributed by atoms with Gasteiger partial charge in [-0.3, -0.25) is 4.79 Å². The average Bonchev–Trinajstić information content (AvgIpc) is 2.46. The van der Waals surface area contributed by atoms with Crippen molar-refractivity contribution in [1.82, 2.24) is 0 Å². The Hall–Kier alpha value is -1.06. The summed E-state index contributed by atoms with van der Waals surface area (Å²) in [6.07, 6.45) is 0.350. The maximum atomic E-state index is 11.0. The predicted octanol–water partition coefficient (Wildman–Crippen LogP) is 1.33. The third-order valence-corrected chi connectivity index (χ3v) is 2.33. The molecule has 4 heteroatoms. The molecule has 0 atom stereocenters. The van der Waals surface area contributed by atoms with Crippen LogP contribution in [0, 0.1) is 0 Å². The minimum atomic E-state index is -0.0544. The second-order valence-electron chi connectivity index (χ2n) is 2.99. The van der Waals surface area contributed by atoms with Crippen LogP contribution in [-0.4, -0.2) is 11.0 Å². The molecule has 1 aromatic carbocycles. The van der Waals surface area contributed by atoms with E-state index in [1.807, 2.05) is 0 Å². The van der Waals surface area contributed by atoms with E-state index in [9.17, 15) is 4.79 Å². The van der Waals surface area contributed by atoms with Crippen molar-refractivity contribution in [3.8, 4) is 0 Å². The Kier molecular flexibility index (Phi) is 1.98. The monoisotopic (exact) mass is 197 g/mol. The number of nitrogens with one attached hydrogen (secondary N) is 1. The number of carbonyl (C=O) groups is 1. The van der Waals surface area contributed by atoms with E-state index in [1.54, 1.807) is 12.1 Å². The van der Waals surface area contributed by atoms with Crippen molar-refractivity contribution in [2.75, 3.05) is 5.32 Å². The van der Waals surface area contributed by atoms with Gasteiger partial charge in [-0.1, -0.05) is 17.7 Å². The number of anilines is 1. The zero-order chi connectivity index (χ0) is 9.42. The first kappa shape index (κ1) is 8.53. The fraction of sp³-hybridized carbons (Fsp3) is 0.222. The van der Waals surface area contributed by atoms with Crippen LogP contribution in [0.4, 0.5) is 5.69 Å². The summed E-state index contributed by atoms with van der Waals surface area (Å²) in [6.45, 7) is -0.0544. The van der Waals surface area contributed by atoms with E-state index in [0.29, 0.717) is 17.1 Å². The average molecular weight is 198 g/mol. The summed E-state index contributed by atoms with van der Waals surface area (Å²) in [7, 11) is 0. The first-order valence-corrected chi connectivity index (χ1v) is 4.30. The molecule has 2 N–H and O–H groups in total. The van der Waals surface area contributed by atoms with Crippen LogP contribution in [0.2, 0.25) is 5.02 Å². The summed E-state index contributed by atoms with van der Waals surface area (Å²) < 4.78 is 0. The van der Waals surface area contributed by atoms with E-state index in [2.05, 4.69) is 5.32 Å². The van der Waals surface area contributed by atoms with Crippen LogP contribution in [0.1, 0.15) is 11.1 Å². The molecule has 3 nitrogen and oxygen atoms in total. The van der Waals surface area contributed by atoms with E-state index < -0.39 is 0 Å². The Morgan fingerprint density at radius 3 is 3.00 bits per heavy atom. The summed E-state index contributed by atoms with van der Waals surface area (Å²) >= 11 is 5.89. The summed E-state index contributed by atoms with van der Waals surface area (Å²) in [5.41, 5.74) is 2.28. The molecule has 0 bridgehead atoms. The topological polar surface area (TPSA) is 49.3 Å². The van der Waals surface area contributed by atoms with E-state index in [1.165, 1.54) is 0 Å². The van der Waals surface area contributed by atoms with Crippen LogP contribution in [0.25, 0.3) is 0 Å². The fourth-order valence-corrected chi connectivity index (χ4v) is 1.76. The number of fused-ring (bicyclic) bond motifs is 1. The van der Waals surface area contributed by atoms with Crippen LogP contribution in [0.5, 0.6) is 0 Å². The lowest BCUT2D eigenvalue weighted by molar-refractivity contribution is -0.115. The molecule has 1 aliphatic heterocycles. The number of rotatable bonds is 1. The molecule has 0 unspecified atom stereocenters. The van der Waals surface area contributed by atoms with Crippen LogP contribution in [-0.2, 0) is 17.8 Å². The van der Waals surface area contributed by atoms with Gasteiger partial charge in [0.1, 0.15) is 0 Å². The van der Waals surface area contributed by atoms with Crippen molar-refractivity contribution in [1.29, 1.82) is 0 Å². The molecule has 13 heavy (non-hydrogen) atoms. The molecule has 1 amide bonds. The quantitative estimate of drug-likeness (QED) is 0.714. The lowest BCUT2D eigenvalue weighted by Gasteiger charge is -2.03. The second kappa shape index (κ2) is 3.01. The summed E-state index contributed by atoms with van der Waals surface area (Å²) in [5, 5.41) is 12.1. The van der Waals surface area contributed by atoms with Gasteiger partial charge in [0, 0.05) is 0 Å². The Labute approximate surface area is 80.3 Å². The predicted molar refractivity (Wildman–Crippen MR) is 49.7 cm³/mol. The Morgan fingerprint density at radius 2 is 2.31 bits per heavy atom. The zero-order valence-electron chi connectivity index (χ0n) is 6.80.